The Morgan fingerprint density at radius 2 is 1.68 bits per heavy atom. The molecule has 110 valence electrons. The molecule has 1 N–H and O–H groups in total. The van der Waals surface area contributed by atoms with Crippen LogP contribution in [0.4, 0.5) is 0 Å². The van der Waals surface area contributed by atoms with Gasteiger partial charge in [-0.15, -0.1) is 0 Å². The average Bonchev–Trinajstić information content (AvgIpc) is 2.65. The van der Waals surface area contributed by atoms with Gasteiger partial charge < -0.3 is 19.3 Å². The van der Waals surface area contributed by atoms with Crippen molar-refractivity contribution in [2.45, 2.75) is 95.1 Å². The maximum atomic E-state index is 10.7. The molecule has 2 spiro atoms. The molecule has 3 fully saturated rings. The first-order chi connectivity index (χ1) is 8.87. The third kappa shape index (κ3) is 2.23. The lowest BCUT2D eigenvalue weighted by atomic mass is 9.84. The molecular formula is C15H26O4. The van der Waals surface area contributed by atoms with Crippen LogP contribution in [0, 0.1) is 0 Å². The van der Waals surface area contributed by atoms with E-state index in [1.807, 2.05) is 6.92 Å². The fourth-order valence-corrected chi connectivity index (χ4v) is 3.81. The van der Waals surface area contributed by atoms with E-state index in [0.29, 0.717) is 0 Å². The number of hydrogen-bond donors (Lipinski definition) is 1. The van der Waals surface area contributed by atoms with Crippen LogP contribution >= 0.6 is 0 Å². The summed E-state index contributed by atoms with van der Waals surface area (Å²) >= 11 is 0. The SMILES string of the molecule is C[C@@H]1CCC[C@]2(CC[C@@]3(O[C@@H](C)CC[C@]3(C)O)O2)O1. The molecule has 0 aliphatic carbocycles. The largest absolute Gasteiger partial charge is 0.385 e. The summed E-state index contributed by atoms with van der Waals surface area (Å²) in [5.74, 6) is -1.40. The van der Waals surface area contributed by atoms with Crippen molar-refractivity contribution in [3.8, 4) is 0 Å². The van der Waals surface area contributed by atoms with Crippen molar-refractivity contribution in [2.75, 3.05) is 0 Å². The van der Waals surface area contributed by atoms with Gasteiger partial charge in [-0.3, -0.25) is 0 Å². The topological polar surface area (TPSA) is 47.9 Å². The molecule has 0 bridgehead atoms. The highest BCUT2D eigenvalue weighted by Gasteiger charge is 2.62. The van der Waals surface area contributed by atoms with Crippen LogP contribution in [-0.4, -0.2) is 34.5 Å². The molecule has 0 aromatic carbocycles. The molecule has 3 aliphatic rings. The molecule has 3 aliphatic heterocycles. The van der Waals surface area contributed by atoms with Crippen molar-refractivity contribution in [3.63, 3.8) is 0 Å². The molecule has 3 rings (SSSR count). The van der Waals surface area contributed by atoms with Crippen LogP contribution in [0.3, 0.4) is 0 Å². The Labute approximate surface area is 115 Å². The number of ether oxygens (including phenoxy) is 3. The van der Waals surface area contributed by atoms with Crippen LogP contribution in [0.2, 0.25) is 0 Å². The highest BCUT2D eigenvalue weighted by atomic mass is 16.8. The Balaban J connectivity index is 1.82. The number of aliphatic hydroxyl groups is 1. The van der Waals surface area contributed by atoms with Crippen LogP contribution in [0.15, 0.2) is 0 Å². The second-order valence-electron chi connectivity index (χ2n) is 6.83. The molecule has 19 heavy (non-hydrogen) atoms. The maximum Gasteiger partial charge on any atom is 0.200 e. The molecule has 5 atom stereocenters. The van der Waals surface area contributed by atoms with Crippen LogP contribution in [0.5, 0.6) is 0 Å². The summed E-state index contributed by atoms with van der Waals surface area (Å²) in [5, 5.41) is 10.7. The monoisotopic (exact) mass is 270 g/mol. The molecule has 3 heterocycles. The molecular weight excluding hydrogens is 244 g/mol. The van der Waals surface area contributed by atoms with Crippen LogP contribution in [-0.2, 0) is 14.2 Å². The molecule has 0 aromatic heterocycles. The Morgan fingerprint density at radius 1 is 0.947 bits per heavy atom. The first kappa shape index (κ1) is 13.8. The van der Waals surface area contributed by atoms with Crippen molar-refractivity contribution < 1.29 is 19.3 Å². The second kappa shape index (κ2) is 4.42. The van der Waals surface area contributed by atoms with Gasteiger partial charge in [-0.2, -0.15) is 0 Å². The Kier molecular flexibility index (Phi) is 3.21. The fourth-order valence-electron chi connectivity index (χ4n) is 3.81. The van der Waals surface area contributed by atoms with Crippen molar-refractivity contribution in [1.82, 2.24) is 0 Å². The van der Waals surface area contributed by atoms with E-state index in [4.69, 9.17) is 14.2 Å². The van der Waals surface area contributed by atoms with Crippen molar-refractivity contribution in [2.24, 2.45) is 0 Å². The van der Waals surface area contributed by atoms with Gasteiger partial charge >= 0.3 is 0 Å². The van der Waals surface area contributed by atoms with Gasteiger partial charge in [0.25, 0.3) is 0 Å². The van der Waals surface area contributed by atoms with Gasteiger partial charge in [-0.1, -0.05) is 0 Å². The van der Waals surface area contributed by atoms with Gasteiger partial charge in [0.15, 0.2) is 5.79 Å². The zero-order chi connectivity index (χ0) is 13.7. The highest BCUT2D eigenvalue weighted by Crippen LogP contribution is 2.53. The van der Waals surface area contributed by atoms with Gasteiger partial charge in [0, 0.05) is 19.3 Å². The number of rotatable bonds is 0. The summed E-state index contributed by atoms with van der Waals surface area (Å²) in [6.45, 7) is 5.98. The van der Waals surface area contributed by atoms with Gasteiger partial charge in [-0.25, -0.2) is 0 Å². The van der Waals surface area contributed by atoms with Gasteiger partial charge in [-0.05, 0) is 46.5 Å². The highest BCUT2D eigenvalue weighted by molar-refractivity contribution is 5.02. The lowest BCUT2D eigenvalue weighted by Gasteiger charge is -2.49. The van der Waals surface area contributed by atoms with Crippen molar-refractivity contribution >= 4 is 0 Å². The zero-order valence-electron chi connectivity index (χ0n) is 12.3. The first-order valence-corrected chi connectivity index (χ1v) is 7.65. The average molecular weight is 270 g/mol. The quantitative estimate of drug-likeness (QED) is 0.735. The molecule has 0 radical (unpaired) electrons. The molecule has 3 saturated heterocycles. The molecule has 0 saturated carbocycles. The Bertz CT molecular complexity index is 356. The van der Waals surface area contributed by atoms with E-state index >= 15 is 0 Å². The second-order valence-corrected chi connectivity index (χ2v) is 6.83. The summed E-state index contributed by atoms with van der Waals surface area (Å²) in [7, 11) is 0. The zero-order valence-corrected chi connectivity index (χ0v) is 12.3. The summed E-state index contributed by atoms with van der Waals surface area (Å²) in [5.41, 5.74) is -0.924. The minimum absolute atomic E-state index is 0.136. The molecule has 0 aromatic rings. The summed E-state index contributed by atoms with van der Waals surface area (Å²) in [4.78, 5) is 0. The molecule has 4 nitrogen and oxygen atoms in total. The van der Waals surface area contributed by atoms with Gasteiger partial charge in [0.05, 0.1) is 12.2 Å². The minimum atomic E-state index is -0.924. The summed E-state index contributed by atoms with van der Waals surface area (Å²) in [6.07, 6.45) is 6.62. The van der Waals surface area contributed by atoms with E-state index in [2.05, 4.69) is 13.8 Å². The standard InChI is InChI=1S/C15H26O4/c1-11-5-4-7-14(17-11)9-10-15(19-14)13(3,16)8-6-12(2)18-15/h11-12,16H,4-10H2,1-3H3/t11-,12+,13+,14+,15-/m1/s1. The van der Waals surface area contributed by atoms with Gasteiger partial charge in [0.1, 0.15) is 5.60 Å². The van der Waals surface area contributed by atoms with Gasteiger partial charge in [0.2, 0.25) is 5.79 Å². The normalized spacial score (nSPS) is 54.9. The number of hydrogen-bond acceptors (Lipinski definition) is 4. The van der Waals surface area contributed by atoms with E-state index < -0.39 is 17.2 Å². The van der Waals surface area contributed by atoms with E-state index in [1.165, 1.54) is 0 Å². The molecule has 0 unspecified atom stereocenters. The van der Waals surface area contributed by atoms with Crippen LogP contribution in [0.1, 0.15) is 65.7 Å². The van der Waals surface area contributed by atoms with E-state index in [-0.39, 0.29) is 12.2 Å². The van der Waals surface area contributed by atoms with Crippen molar-refractivity contribution in [1.29, 1.82) is 0 Å². The lowest BCUT2D eigenvalue weighted by Crippen LogP contribution is -2.60. The van der Waals surface area contributed by atoms with E-state index in [1.54, 1.807) is 0 Å². The third-order valence-electron chi connectivity index (χ3n) is 5.02. The smallest absolute Gasteiger partial charge is 0.200 e. The summed E-state index contributed by atoms with van der Waals surface area (Å²) < 4.78 is 18.4. The van der Waals surface area contributed by atoms with E-state index in [9.17, 15) is 5.11 Å². The van der Waals surface area contributed by atoms with Crippen LogP contribution < -0.4 is 0 Å². The first-order valence-electron chi connectivity index (χ1n) is 7.65. The summed E-state index contributed by atoms with van der Waals surface area (Å²) in [6, 6.07) is 0. The Morgan fingerprint density at radius 3 is 2.42 bits per heavy atom. The predicted molar refractivity (Wildman–Crippen MR) is 70.6 cm³/mol. The maximum absolute atomic E-state index is 10.7. The third-order valence-corrected chi connectivity index (χ3v) is 5.02. The molecule has 4 heteroatoms. The molecule has 0 amide bonds. The van der Waals surface area contributed by atoms with Crippen LogP contribution in [0.25, 0.3) is 0 Å². The van der Waals surface area contributed by atoms with E-state index in [0.717, 1.165) is 44.9 Å². The fraction of sp³-hybridized carbons (Fsp3) is 1.00. The Hall–Kier alpha value is -0.160. The van der Waals surface area contributed by atoms with Crippen molar-refractivity contribution in [3.05, 3.63) is 0 Å². The lowest BCUT2D eigenvalue weighted by molar-refractivity contribution is -0.398. The minimum Gasteiger partial charge on any atom is -0.385 e. The predicted octanol–water partition coefficient (Wildman–Crippen LogP) is 2.73.